The van der Waals surface area contributed by atoms with Crippen molar-refractivity contribution in [1.82, 2.24) is 0 Å². The molecule has 0 aliphatic heterocycles. The average Bonchev–Trinajstić information content (AvgIpc) is 2.13. The first kappa shape index (κ1) is 18.1. The second kappa shape index (κ2) is 5.62. The standard InChI is InChI=1S/C14H25BOP.Li/c1-13(2,3)17(16,14(4,5)6)12-10-8-7-9-11(12)15;/h7-10H,1-6,15H3;/q-1;+1. The molecular weight excluding hydrogens is 233 g/mol. The van der Waals surface area contributed by atoms with Crippen molar-refractivity contribution in [1.29, 1.82) is 0 Å². The summed E-state index contributed by atoms with van der Waals surface area (Å²) >= 11 is 0. The zero-order valence-corrected chi connectivity index (χ0v) is 13.1. The Morgan fingerprint density at radius 2 is 1.33 bits per heavy atom. The number of hydrogen-bond donors (Lipinski definition) is 0. The van der Waals surface area contributed by atoms with E-state index in [4.69, 9.17) is 0 Å². The second-order valence-electron chi connectivity index (χ2n) is 6.20. The molecule has 0 N–H and O–H groups in total. The first-order valence-corrected chi connectivity index (χ1v) is 7.39. The van der Waals surface area contributed by atoms with Gasteiger partial charge in [0.1, 0.15) is 7.14 Å². The molecule has 0 aliphatic carbocycles. The zero-order valence-electron chi connectivity index (χ0n) is 12.2. The van der Waals surface area contributed by atoms with Gasteiger partial charge in [0.05, 0.1) is 0 Å². The van der Waals surface area contributed by atoms with Gasteiger partial charge in [-0.3, -0.25) is 0 Å². The van der Waals surface area contributed by atoms with E-state index in [2.05, 4.69) is 59.7 Å². The minimum Gasteiger partial charge on any atom is -0.318 e. The van der Waals surface area contributed by atoms with Gasteiger partial charge in [-0.15, -0.1) is 0 Å². The van der Waals surface area contributed by atoms with Gasteiger partial charge in [0.25, 0.3) is 0 Å². The normalized spacial score (nSPS) is 13.1. The van der Waals surface area contributed by atoms with Gasteiger partial charge < -0.3 is 4.57 Å². The van der Waals surface area contributed by atoms with Crippen molar-refractivity contribution in [2.45, 2.75) is 51.9 Å². The van der Waals surface area contributed by atoms with Crippen LogP contribution in [0.3, 0.4) is 0 Å². The van der Waals surface area contributed by atoms with Crippen LogP contribution >= 0.6 is 7.14 Å². The van der Waals surface area contributed by atoms with E-state index in [1.54, 1.807) is 0 Å². The van der Waals surface area contributed by atoms with Crippen molar-refractivity contribution < 1.29 is 23.4 Å². The molecule has 0 saturated heterocycles. The minimum absolute atomic E-state index is 0. The largest absolute Gasteiger partial charge is 1.00 e. The summed E-state index contributed by atoms with van der Waals surface area (Å²) in [5.74, 6) is 0. The van der Waals surface area contributed by atoms with E-state index in [-0.39, 0.29) is 37.0 Å². The van der Waals surface area contributed by atoms with Crippen LogP contribution in [0.5, 0.6) is 0 Å². The molecule has 0 bridgehead atoms. The Morgan fingerprint density at radius 1 is 0.944 bits per heavy atom. The van der Waals surface area contributed by atoms with E-state index < -0.39 is 7.14 Å². The van der Waals surface area contributed by atoms with Crippen LogP contribution in [0.1, 0.15) is 41.5 Å². The molecule has 1 nitrogen and oxygen atoms in total. The van der Waals surface area contributed by atoms with Crippen LogP contribution in [-0.4, -0.2) is 18.2 Å². The van der Waals surface area contributed by atoms with Crippen LogP contribution < -0.4 is 29.6 Å². The summed E-state index contributed by atoms with van der Waals surface area (Å²) < 4.78 is 13.7. The van der Waals surface area contributed by atoms with Gasteiger partial charge in [-0.2, -0.15) is 0 Å². The van der Waals surface area contributed by atoms with Gasteiger partial charge in [-0.1, -0.05) is 65.8 Å². The third kappa shape index (κ3) is 2.98. The molecule has 96 valence electrons. The molecule has 0 spiro atoms. The molecule has 4 heteroatoms. The van der Waals surface area contributed by atoms with E-state index >= 15 is 0 Å². The number of hydrogen-bond acceptors (Lipinski definition) is 1. The van der Waals surface area contributed by atoms with E-state index in [9.17, 15) is 4.57 Å². The van der Waals surface area contributed by atoms with Crippen LogP contribution in [-0.2, 0) is 4.57 Å². The summed E-state index contributed by atoms with van der Waals surface area (Å²) in [5.41, 5.74) is 1.39. The zero-order chi connectivity index (χ0) is 13.5. The molecule has 0 aromatic heterocycles. The predicted octanol–water partition coefficient (Wildman–Crippen LogP) is -0.733. The predicted molar refractivity (Wildman–Crippen MR) is 82.8 cm³/mol. The Hall–Kier alpha value is 0.112. The minimum atomic E-state index is -2.41. The second-order valence-corrected chi connectivity index (χ2v) is 10.6. The smallest absolute Gasteiger partial charge is 0.318 e. The summed E-state index contributed by atoms with van der Waals surface area (Å²) in [5, 5.41) is 0.811. The van der Waals surface area contributed by atoms with Crippen molar-refractivity contribution >= 4 is 25.8 Å². The summed E-state index contributed by atoms with van der Waals surface area (Å²) in [6.07, 6.45) is 0. The van der Waals surface area contributed by atoms with Gasteiger partial charge in [0, 0.05) is 10.3 Å². The first-order valence-electron chi connectivity index (χ1n) is 5.68. The summed E-state index contributed by atoms with van der Waals surface area (Å²) in [6, 6.07) is 8.37. The Morgan fingerprint density at radius 3 is 1.67 bits per heavy atom. The summed E-state index contributed by atoms with van der Waals surface area (Å²) in [7, 11) is -2.35. The van der Waals surface area contributed by atoms with Crippen LogP contribution in [0.15, 0.2) is 24.3 Å². The molecule has 0 saturated carbocycles. The fraction of sp³-hybridized carbons (Fsp3) is 0.571. The van der Waals surface area contributed by atoms with E-state index in [1.165, 1.54) is 5.46 Å². The van der Waals surface area contributed by atoms with Gasteiger partial charge in [0.2, 0.25) is 0 Å². The maximum atomic E-state index is 13.7. The summed E-state index contributed by atoms with van der Waals surface area (Å²) in [4.78, 5) is 0. The molecule has 0 amide bonds. The molecule has 0 radical (unpaired) electrons. The molecule has 0 heterocycles. The van der Waals surface area contributed by atoms with Crippen LogP contribution in [0.4, 0.5) is 0 Å². The Bertz CT molecular complexity index is 440. The van der Waals surface area contributed by atoms with Gasteiger partial charge >= 0.3 is 18.9 Å². The van der Waals surface area contributed by atoms with Gasteiger partial charge in [0.15, 0.2) is 0 Å². The first-order chi connectivity index (χ1) is 7.52. The van der Waals surface area contributed by atoms with Crippen molar-refractivity contribution in [3.8, 4) is 0 Å². The number of rotatable bonds is 1. The fourth-order valence-corrected chi connectivity index (χ4v) is 6.32. The third-order valence-corrected chi connectivity index (χ3v) is 7.66. The van der Waals surface area contributed by atoms with Gasteiger partial charge in [-0.25, -0.2) is 5.46 Å². The van der Waals surface area contributed by atoms with Gasteiger partial charge in [-0.05, 0) is 13.2 Å². The maximum absolute atomic E-state index is 13.7. The van der Waals surface area contributed by atoms with Crippen molar-refractivity contribution in [2.24, 2.45) is 0 Å². The van der Waals surface area contributed by atoms with Crippen LogP contribution in [0.2, 0.25) is 0 Å². The van der Waals surface area contributed by atoms with Crippen molar-refractivity contribution in [2.75, 3.05) is 0 Å². The molecular formula is C14H25BLiOP. The summed E-state index contributed by atoms with van der Waals surface area (Å²) in [6.45, 7) is 12.7. The van der Waals surface area contributed by atoms with E-state index in [0.717, 1.165) is 5.30 Å². The van der Waals surface area contributed by atoms with Crippen molar-refractivity contribution in [3.05, 3.63) is 24.3 Å². The fourth-order valence-electron chi connectivity index (χ4n) is 2.31. The molecule has 0 fully saturated rings. The quantitative estimate of drug-likeness (QED) is 0.479. The molecule has 0 aliphatic rings. The SMILES string of the molecule is [BH3-]c1ccccc1P(=O)(C(C)(C)C)C(C)(C)C.[Li+]. The maximum Gasteiger partial charge on any atom is 1.00 e. The molecule has 0 unspecified atom stereocenters. The van der Waals surface area contributed by atoms with E-state index in [0.29, 0.717) is 0 Å². The topological polar surface area (TPSA) is 17.1 Å². The number of benzene rings is 1. The van der Waals surface area contributed by atoms with Crippen LogP contribution in [0, 0.1) is 0 Å². The molecule has 1 rings (SSSR count). The average molecular weight is 258 g/mol. The monoisotopic (exact) mass is 258 g/mol. The van der Waals surface area contributed by atoms with Crippen LogP contribution in [0.25, 0.3) is 0 Å². The van der Waals surface area contributed by atoms with E-state index in [1.807, 2.05) is 6.07 Å². The Kier molecular flexibility index (Phi) is 5.66. The molecule has 0 atom stereocenters. The molecule has 18 heavy (non-hydrogen) atoms. The third-order valence-electron chi connectivity index (χ3n) is 2.92. The molecule has 1 aromatic rings. The Labute approximate surface area is 125 Å². The van der Waals surface area contributed by atoms with Crippen molar-refractivity contribution in [3.63, 3.8) is 0 Å². The Balaban J connectivity index is 0.00000289. The molecule has 1 aromatic carbocycles.